The first-order valence-electron chi connectivity index (χ1n) is 5.61. The van der Waals surface area contributed by atoms with E-state index in [-0.39, 0.29) is 10.5 Å². The second-order valence-corrected chi connectivity index (χ2v) is 5.80. The Hall–Kier alpha value is -2.34. The van der Waals surface area contributed by atoms with Crippen molar-refractivity contribution in [3.05, 3.63) is 60.2 Å². The Morgan fingerprint density at radius 1 is 0.895 bits per heavy atom. The number of para-hydroxylation sites is 1. The zero-order valence-electron chi connectivity index (χ0n) is 9.78. The number of benzene rings is 2. The summed E-state index contributed by atoms with van der Waals surface area (Å²) in [5.41, 5.74) is 3.34. The molecule has 0 aliphatic carbocycles. The molecule has 19 heavy (non-hydrogen) atoms. The van der Waals surface area contributed by atoms with Crippen LogP contribution in [0.1, 0.15) is 10.4 Å². The predicted octanol–water partition coefficient (Wildman–Crippen LogP) is 1.86. The van der Waals surface area contributed by atoms with Crippen LogP contribution in [0.25, 0.3) is 0 Å². The molecule has 0 saturated carbocycles. The summed E-state index contributed by atoms with van der Waals surface area (Å²) < 4.78 is 25.2. The van der Waals surface area contributed by atoms with Crippen LogP contribution in [0.2, 0.25) is 0 Å². The highest BCUT2D eigenvalue weighted by Crippen LogP contribution is 2.29. The Labute approximate surface area is 110 Å². The van der Waals surface area contributed by atoms with Gasteiger partial charge in [0.05, 0.1) is 11.3 Å². The molecule has 0 aromatic heterocycles. The molecule has 6 heteroatoms. The highest BCUT2D eigenvalue weighted by Gasteiger charge is 2.41. The van der Waals surface area contributed by atoms with E-state index in [2.05, 4.69) is 5.43 Å². The molecule has 3 rings (SSSR count). The number of amides is 1. The van der Waals surface area contributed by atoms with Gasteiger partial charge in [-0.1, -0.05) is 30.3 Å². The van der Waals surface area contributed by atoms with Crippen molar-refractivity contribution >= 4 is 21.6 Å². The van der Waals surface area contributed by atoms with E-state index in [9.17, 15) is 13.2 Å². The summed E-state index contributed by atoms with van der Waals surface area (Å²) in [5.74, 6) is -0.570. The standard InChI is InChI=1S/C13H10N2O3S/c16-13-11-8-4-5-9-12(11)19(17,18)15(13)14-10-6-2-1-3-7-10/h1-9,14H. The molecule has 0 unspecified atom stereocenters. The molecule has 96 valence electrons. The summed E-state index contributed by atoms with van der Waals surface area (Å²) in [6.45, 7) is 0. The quantitative estimate of drug-likeness (QED) is 0.907. The van der Waals surface area contributed by atoms with E-state index >= 15 is 0 Å². The maximum Gasteiger partial charge on any atom is 0.288 e. The Morgan fingerprint density at radius 2 is 1.53 bits per heavy atom. The molecule has 0 atom stereocenters. The second-order valence-electron chi connectivity index (χ2n) is 4.05. The first-order chi connectivity index (χ1) is 9.10. The van der Waals surface area contributed by atoms with Crippen molar-refractivity contribution in [3.63, 3.8) is 0 Å². The zero-order valence-corrected chi connectivity index (χ0v) is 10.6. The summed E-state index contributed by atoms with van der Waals surface area (Å²) in [4.78, 5) is 12.1. The molecule has 1 N–H and O–H groups in total. The highest BCUT2D eigenvalue weighted by molar-refractivity contribution is 7.90. The molecule has 0 radical (unpaired) electrons. The van der Waals surface area contributed by atoms with Gasteiger partial charge in [0, 0.05) is 0 Å². The van der Waals surface area contributed by atoms with E-state index in [0.717, 1.165) is 0 Å². The molecule has 0 fully saturated rings. The van der Waals surface area contributed by atoms with E-state index in [1.54, 1.807) is 42.5 Å². The van der Waals surface area contributed by atoms with Gasteiger partial charge in [0.2, 0.25) is 0 Å². The maximum absolute atomic E-state index is 12.2. The van der Waals surface area contributed by atoms with Crippen molar-refractivity contribution in [3.8, 4) is 0 Å². The van der Waals surface area contributed by atoms with E-state index in [4.69, 9.17) is 0 Å². The van der Waals surface area contributed by atoms with E-state index in [1.165, 1.54) is 12.1 Å². The van der Waals surface area contributed by atoms with Crippen LogP contribution >= 0.6 is 0 Å². The molecule has 1 amide bonds. The second kappa shape index (κ2) is 4.10. The van der Waals surface area contributed by atoms with Gasteiger partial charge in [-0.15, -0.1) is 4.41 Å². The molecule has 1 aliphatic heterocycles. The van der Waals surface area contributed by atoms with Gasteiger partial charge in [0.25, 0.3) is 15.9 Å². The minimum atomic E-state index is -3.82. The third-order valence-corrected chi connectivity index (χ3v) is 4.47. The number of carbonyl (C=O) groups is 1. The number of fused-ring (bicyclic) bond motifs is 1. The Morgan fingerprint density at radius 3 is 2.21 bits per heavy atom. The molecule has 2 aromatic rings. The summed E-state index contributed by atoms with van der Waals surface area (Å²) >= 11 is 0. The molecule has 1 heterocycles. The number of nitrogens with zero attached hydrogens (tertiary/aromatic N) is 1. The molecular formula is C13H10N2O3S. The molecule has 0 bridgehead atoms. The maximum atomic E-state index is 12.2. The van der Waals surface area contributed by atoms with Crippen LogP contribution in [-0.4, -0.2) is 18.7 Å². The van der Waals surface area contributed by atoms with Gasteiger partial charge in [0.1, 0.15) is 4.90 Å². The molecule has 0 spiro atoms. The number of hydrogen-bond donors (Lipinski definition) is 1. The van der Waals surface area contributed by atoms with Gasteiger partial charge in [0.15, 0.2) is 0 Å². The van der Waals surface area contributed by atoms with Gasteiger partial charge in [-0.25, -0.2) is 0 Å². The lowest BCUT2D eigenvalue weighted by Gasteiger charge is -2.17. The smallest absolute Gasteiger partial charge is 0.281 e. The van der Waals surface area contributed by atoms with Gasteiger partial charge >= 0.3 is 0 Å². The lowest BCUT2D eigenvalue weighted by atomic mass is 10.2. The molecular weight excluding hydrogens is 264 g/mol. The lowest BCUT2D eigenvalue weighted by molar-refractivity contribution is 0.0890. The van der Waals surface area contributed by atoms with Crippen molar-refractivity contribution in [1.29, 1.82) is 0 Å². The summed E-state index contributed by atoms with van der Waals surface area (Å²) in [5, 5.41) is 0. The largest absolute Gasteiger partial charge is 0.288 e. The number of sulfonamides is 1. The third kappa shape index (κ3) is 1.77. The van der Waals surface area contributed by atoms with E-state index < -0.39 is 15.9 Å². The predicted molar refractivity (Wildman–Crippen MR) is 69.9 cm³/mol. The zero-order chi connectivity index (χ0) is 13.5. The molecule has 2 aromatic carbocycles. The van der Waals surface area contributed by atoms with Gasteiger partial charge in [-0.2, -0.15) is 8.42 Å². The highest BCUT2D eigenvalue weighted by atomic mass is 32.2. The van der Waals surface area contributed by atoms with E-state index in [1.807, 2.05) is 0 Å². The van der Waals surface area contributed by atoms with E-state index in [0.29, 0.717) is 10.1 Å². The van der Waals surface area contributed by atoms with Gasteiger partial charge < -0.3 is 0 Å². The summed E-state index contributed by atoms with van der Waals surface area (Å²) in [6.07, 6.45) is 0. The number of hydrogen-bond acceptors (Lipinski definition) is 4. The fraction of sp³-hybridized carbons (Fsp3) is 0. The third-order valence-electron chi connectivity index (χ3n) is 2.82. The lowest BCUT2D eigenvalue weighted by Crippen LogP contribution is -2.35. The van der Waals surface area contributed by atoms with Crippen molar-refractivity contribution in [1.82, 2.24) is 4.41 Å². The minimum Gasteiger partial charge on any atom is -0.281 e. The van der Waals surface area contributed by atoms with Crippen LogP contribution in [-0.2, 0) is 10.0 Å². The van der Waals surface area contributed by atoms with Crippen molar-refractivity contribution in [2.45, 2.75) is 4.90 Å². The summed E-state index contributed by atoms with van der Waals surface area (Å²) in [7, 11) is -3.82. The Bertz CT molecular complexity index is 741. The first-order valence-corrected chi connectivity index (χ1v) is 7.05. The normalized spacial score (nSPS) is 16.2. The molecule has 0 saturated heterocycles. The average molecular weight is 274 g/mol. The fourth-order valence-corrected chi connectivity index (χ4v) is 3.35. The number of nitrogens with one attached hydrogen (secondary N) is 1. The monoisotopic (exact) mass is 274 g/mol. The average Bonchev–Trinajstić information content (AvgIpc) is 2.62. The minimum absolute atomic E-state index is 0.0310. The van der Waals surface area contributed by atoms with Crippen LogP contribution in [0, 0.1) is 0 Å². The topological polar surface area (TPSA) is 66.5 Å². The number of anilines is 1. The Kier molecular flexibility index (Phi) is 2.53. The molecule has 5 nitrogen and oxygen atoms in total. The van der Waals surface area contributed by atoms with Crippen LogP contribution in [0.3, 0.4) is 0 Å². The summed E-state index contributed by atoms with van der Waals surface area (Å²) in [6, 6.07) is 14.8. The fourth-order valence-electron chi connectivity index (χ4n) is 1.93. The van der Waals surface area contributed by atoms with Crippen molar-refractivity contribution in [2.75, 3.05) is 5.43 Å². The number of hydrazine groups is 1. The van der Waals surface area contributed by atoms with Crippen LogP contribution in [0.5, 0.6) is 0 Å². The number of carbonyl (C=O) groups excluding carboxylic acids is 1. The Balaban J connectivity index is 2.04. The van der Waals surface area contributed by atoms with Gasteiger partial charge in [-0.05, 0) is 24.3 Å². The van der Waals surface area contributed by atoms with Crippen LogP contribution in [0.4, 0.5) is 5.69 Å². The van der Waals surface area contributed by atoms with Crippen molar-refractivity contribution in [2.24, 2.45) is 0 Å². The number of rotatable bonds is 2. The van der Waals surface area contributed by atoms with Crippen LogP contribution < -0.4 is 5.43 Å². The SMILES string of the molecule is O=C1c2ccccc2S(=O)(=O)N1Nc1ccccc1. The first kappa shape index (κ1) is 11.7. The molecule has 1 aliphatic rings. The van der Waals surface area contributed by atoms with Gasteiger partial charge in [-0.3, -0.25) is 10.2 Å². The van der Waals surface area contributed by atoms with Crippen LogP contribution in [0.15, 0.2) is 59.5 Å². The van der Waals surface area contributed by atoms with Crippen molar-refractivity contribution < 1.29 is 13.2 Å².